The van der Waals surface area contributed by atoms with E-state index in [2.05, 4.69) is 28.2 Å². The number of hydrogen-bond acceptors (Lipinski definition) is 5. The van der Waals surface area contributed by atoms with Crippen LogP contribution in [0, 0.1) is 0 Å². The summed E-state index contributed by atoms with van der Waals surface area (Å²) in [5.74, 6) is 0.975. The van der Waals surface area contributed by atoms with Gasteiger partial charge in [0.25, 0.3) is 0 Å². The lowest BCUT2D eigenvalue weighted by atomic mass is 10.2. The molecule has 0 saturated carbocycles. The van der Waals surface area contributed by atoms with Crippen LogP contribution in [0.15, 0.2) is 73.1 Å². The summed E-state index contributed by atoms with van der Waals surface area (Å²) in [5, 5.41) is 1.02. The number of aromatic nitrogens is 2. The van der Waals surface area contributed by atoms with Crippen molar-refractivity contribution in [3.63, 3.8) is 0 Å². The van der Waals surface area contributed by atoms with Crippen LogP contribution in [-0.2, 0) is 11.3 Å². The lowest BCUT2D eigenvalue weighted by molar-refractivity contribution is -0.130. The fraction of sp³-hybridized carbons (Fsp3) is 0.208. The first-order chi connectivity index (χ1) is 14.6. The summed E-state index contributed by atoms with van der Waals surface area (Å²) >= 11 is 1.66. The van der Waals surface area contributed by atoms with E-state index in [1.807, 2.05) is 67.5 Å². The quantitative estimate of drug-likeness (QED) is 0.432. The number of nitrogens with zero attached hydrogens (tertiary/aromatic N) is 4. The lowest BCUT2D eigenvalue weighted by Crippen LogP contribution is -2.30. The molecule has 0 aliphatic carbocycles. The van der Waals surface area contributed by atoms with Gasteiger partial charge in [-0.3, -0.25) is 4.79 Å². The van der Waals surface area contributed by atoms with E-state index >= 15 is 0 Å². The zero-order valence-electron chi connectivity index (χ0n) is 17.2. The minimum Gasteiger partial charge on any atom is -0.359 e. The molecule has 0 fully saturated rings. The number of fused-ring (bicyclic) bond motifs is 1. The Morgan fingerprint density at radius 1 is 0.967 bits per heavy atom. The van der Waals surface area contributed by atoms with Gasteiger partial charge in [0.15, 0.2) is 0 Å². The SMILES string of the molecule is CN(Cc1ccccc1)C(=O)CCN(C)c1ncnc2sc(-c3ccccc3)cc12. The van der Waals surface area contributed by atoms with Gasteiger partial charge in [0.05, 0.1) is 5.39 Å². The fourth-order valence-corrected chi connectivity index (χ4v) is 4.40. The zero-order valence-corrected chi connectivity index (χ0v) is 18.0. The van der Waals surface area contributed by atoms with E-state index in [0.29, 0.717) is 19.5 Å². The number of hydrogen-bond donors (Lipinski definition) is 0. The van der Waals surface area contributed by atoms with Gasteiger partial charge in [-0.05, 0) is 17.2 Å². The average molecular weight is 417 g/mol. The van der Waals surface area contributed by atoms with E-state index in [1.165, 1.54) is 10.4 Å². The highest BCUT2D eigenvalue weighted by molar-refractivity contribution is 7.21. The largest absolute Gasteiger partial charge is 0.359 e. The number of rotatable bonds is 7. The van der Waals surface area contributed by atoms with Crippen LogP contribution in [0.1, 0.15) is 12.0 Å². The number of amides is 1. The first-order valence-corrected chi connectivity index (χ1v) is 10.7. The Balaban J connectivity index is 1.45. The van der Waals surface area contributed by atoms with E-state index in [4.69, 9.17) is 0 Å². The van der Waals surface area contributed by atoms with Crippen molar-refractivity contribution in [2.75, 3.05) is 25.5 Å². The molecule has 0 spiro atoms. The Hall–Kier alpha value is -3.25. The molecule has 6 heteroatoms. The van der Waals surface area contributed by atoms with Crippen LogP contribution in [0.5, 0.6) is 0 Å². The van der Waals surface area contributed by atoms with Gasteiger partial charge >= 0.3 is 0 Å². The van der Waals surface area contributed by atoms with Gasteiger partial charge in [-0.1, -0.05) is 60.7 Å². The van der Waals surface area contributed by atoms with Gasteiger partial charge in [0.1, 0.15) is 17.0 Å². The van der Waals surface area contributed by atoms with Crippen LogP contribution < -0.4 is 4.90 Å². The van der Waals surface area contributed by atoms with Crippen molar-refractivity contribution in [3.05, 3.63) is 78.6 Å². The summed E-state index contributed by atoms with van der Waals surface area (Å²) < 4.78 is 0. The molecule has 0 bridgehead atoms. The van der Waals surface area contributed by atoms with Crippen LogP contribution in [0.25, 0.3) is 20.7 Å². The van der Waals surface area contributed by atoms with Gasteiger partial charge in [0, 0.05) is 38.5 Å². The summed E-state index contributed by atoms with van der Waals surface area (Å²) in [6.45, 7) is 1.21. The van der Waals surface area contributed by atoms with Crippen LogP contribution >= 0.6 is 11.3 Å². The van der Waals surface area contributed by atoms with Crippen LogP contribution in [0.4, 0.5) is 5.82 Å². The number of thiophene rings is 1. The minimum atomic E-state index is 0.117. The molecule has 2 aromatic carbocycles. The second-order valence-corrected chi connectivity index (χ2v) is 8.33. The zero-order chi connectivity index (χ0) is 20.9. The van der Waals surface area contributed by atoms with Gasteiger partial charge in [-0.25, -0.2) is 9.97 Å². The maximum atomic E-state index is 12.6. The van der Waals surface area contributed by atoms with Crippen LogP contribution in [0.2, 0.25) is 0 Å². The molecule has 0 saturated heterocycles. The van der Waals surface area contributed by atoms with Crippen LogP contribution in [0.3, 0.4) is 0 Å². The van der Waals surface area contributed by atoms with Crippen LogP contribution in [-0.4, -0.2) is 41.4 Å². The second kappa shape index (κ2) is 9.05. The van der Waals surface area contributed by atoms with E-state index < -0.39 is 0 Å². The lowest BCUT2D eigenvalue weighted by Gasteiger charge is -2.21. The van der Waals surface area contributed by atoms with Gasteiger partial charge < -0.3 is 9.80 Å². The van der Waals surface area contributed by atoms with Crippen molar-refractivity contribution in [1.82, 2.24) is 14.9 Å². The maximum Gasteiger partial charge on any atom is 0.224 e. The Morgan fingerprint density at radius 3 is 2.40 bits per heavy atom. The third-order valence-electron chi connectivity index (χ3n) is 5.08. The molecule has 30 heavy (non-hydrogen) atoms. The molecule has 1 amide bonds. The Labute approximate surface area is 180 Å². The highest BCUT2D eigenvalue weighted by Gasteiger charge is 2.15. The molecule has 0 aliphatic rings. The molecule has 0 radical (unpaired) electrons. The molecule has 4 aromatic rings. The van der Waals surface area contributed by atoms with Gasteiger partial charge in [-0.2, -0.15) is 0 Å². The fourth-order valence-electron chi connectivity index (χ4n) is 3.40. The first kappa shape index (κ1) is 20.0. The number of carbonyl (C=O) groups is 1. The van der Waals surface area contributed by atoms with E-state index in [-0.39, 0.29) is 5.91 Å². The Morgan fingerprint density at radius 2 is 1.67 bits per heavy atom. The molecule has 0 aliphatic heterocycles. The van der Waals surface area contributed by atoms with E-state index in [0.717, 1.165) is 21.6 Å². The topological polar surface area (TPSA) is 49.3 Å². The number of benzene rings is 2. The van der Waals surface area contributed by atoms with Crippen molar-refractivity contribution in [2.24, 2.45) is 0 Å². The third kappa shape index (κ3) is 4.49. The molecule has 152 valence electrons. The highest BCUT2D eigenvalue weighted by atomic mass is 32.1. The predicted octanol–water partition coefficient (Wildman–Crippen LogP) is 4.84. The Bertz CT molecular complexity index is 1130. The summed E-state index contributed by atoms with van der Waals surface area (Å²) in [5.41, 5.74) is 2.30. The minimum absolute atomic E-state index is 0.117. The average Bonchev–Trinajstić information content (AvgIpc) is 3.23. The van der Waals surface area contributed by atoms with E-state index in [9.17, 15) is 4.79 Å². The predicted molar refractivity (Wildman–Crippen MR) is 124 cm³/mol. The third-order valence-corrected chi connectivity index (χ3v) is 6.17. The monoisotopic (exact) mass is 416 g/mol. The summed E-state index contributed by atoms with van der Waals surface area (Å²) in [6, 6.07) is 22.5. The number of anilines is 1. The molecule has 4 rings (SSSR count). The summed E-state index contributed by atoms with van der Waals surface area (Å²) in [4.78, 5) is 27.5. The smallest absolute Gasteiger partial charge is 0.224 e. The number of carbonyl (C=O) groups excluding carboxylic acids is 1. The van der Waals surface area contributed by atoms with Crippen molar-refractivity contribution < 1.29 is 4.79 Å². The first-order valence-electron chi connectivity index (χ1n) is 9.91. The molecular weight excluding hydrogens is 392 g/mol. The standard InChI is InChI=1S/C24H24N4OS/c1-27(14-13-22(29)28(2)16-18-9-5-3-6-10-18)23-20-15-21(19-11-7-4-8-12-19)30-24(20)26-17-25-23/h3-12,15,17H,13-14,16H2,1-2H3. The summed E-state index contributed by atoms with van der Waals surface area (Å²) in [7, 11) is 3.83. The molecule has 0 N–H and O–H groups in total. The summed E-state index contributed by atoms with van der Waals surface area (Å²) in [6.07, 6.45) is 2.03. The molecule has 2 heterocycles. The molecule has 5 nitrogen and oxygen atoms in total. The normalized spacial score (nSPS) is 10.9. The second-order valence-electron chi connectivity index (χ2n) is 7.30. The molecular formula is C24H24N4OS. The Kier molecular flexibility index (Phi) is 6.05. The van der Waals surface area contributed by atoms with Crippen molar-refractivity contribution in [1.29, 1.82) is 0 Å². The maximum absolute atomic E-state index is 12.6. The molecule has 0 atom stereocenters. The molecule has 0 unspecified atom stereocenters. The van der Waals surface area contributed by atoms with Gasteiger partial charge in [-0.15, -0.1) is 11.3 Å². The van der Waals surface area contributed by atoms with Crippen molar-refractivity contribution >= 4 is 33.3 Å². The highest BCUT2D eigenvalue weighted by Crippen LogP contribution is 2.35. The van der Waals surface area contributed by atoms with Gasteiger partial charge in [0.2, 0.25) is 5.91 Å². The van der Waals surface area contributed by atoms with Crippen molar-refractivity contribution in [3.8, 4) is 10.4 Å². The molecule has 2 aromatic heterocycles. The van der Waals surface area contributed by atoms with E-state index in [1.54, 1.807) is 22.6 Å². The van der Waals surface area contributed by atoms with Crippen molar-refractivity contribution in [2.45, 2.75) is 13.0 Å².